The molecule has 0 aromatic heterocycles. The number of hydrogen-bond donors (Lipinski definition) is 1. The molecule has 0 atom stereocenters. The third-order valence-electron chi connectivity index (χ3n) is 3.34. The molecule has 0 amide bonds. The number of hydrogen-bond acceptors (Lipinski definition) is 2. The summed E-state index contributed by atoms with van der Waals surface area (Å²) in [5, 5.41) is 0.320. The average Bonchev–Trinajstić information content (AvgIpc) is 2.38. The van der Waals surface area contributed by atoms with Crippen LogP contribution in [0.1, 0.15) is 39.5 Å². The molecule has 1 nitrogen and oxygen atoms in total. The Morgan fingerprint density at radius 3 is 2.37 bits per heavy atom. The normalized spacial score (nSPS) is 11.6. The number of ether oxygens (including phenoxy) is 1. The van der Waals surface area contributed by atoms with Gasteiger partial charge in [-0.2, -0.15) is 12.6 Å². The predicted molar refractivity (Wildman–Crippen MR) is 83.0 cm³/mol. The fraction of sp³-hybridized carbons (Fsp3) is 0.600. The van der Waals surface area contributed by atoms with Gasteiger partial charge in [0.15, 0.2) is 11.6 Å². The van der Waals surface area contributed by atoms with Crippen LogP contribution in [0.2, 0.25) is 5.02 Å². The van der Waals surface area contributed by atoms with Crippen molar-refractivity contribution in [3.8, 4) is 5.75 Å². The molecule has 108 valence electrons. The van der Waals surface area contributed by atoms with E-state index in [2.05, 4.69) is 26.5 Å². The zero-order valence-corrected chi connectivity index (χ0v) is 13.2. The van der Waals surface area contributed by atoms with Crippen LogP contribution in [0.3, 0.4) is 0 Å². The van der Waals surface area contributed by atoms with Crippen LogP contribution >= 0.6 is 24.2 Å². The van der Waals surface area contributed by atoms with Crippen molar-refractivity contribution in [2.75, 3.05) is 12.4 Å². The smallest absolute Gasteiger partial charge is 0.173 e. The van der Waals surface area contributed by atoms with Crippen molar-refractivity contribution >= 4 is 24.2 Å². The summed E-state index contributed by atoms with van der Waals surface area (Å²) in [5.74, 6) is 0.483. The first-order chi connectivity index (χ1) is 9.08. The van der Waals surface area contributed by atoms with E-state index >= 15 is 0 Å². The summed E-state index contributed by atoms with van der Waals surface area (Å²) in [4.78, 5) is 0. The van der Waals surface area contributed by atoms with Crippen LogP contribution in [0, 0.1) is 11.2 Å². The zero-order chi connectivity index (χ0) is 14.3. The topological polar surface area (TPSA) is 9.23 Å². The van der Waals surface area contributed by atoms with Crippen molar-refractivity contribution in [2.45, 2.75) is 39.5 Å². The van der Waals surface area contributed by atoms with E-state index in [1.54, 1.807) is 12.1 Å². The molecule has 0 aliphatic rings. The molecule has 0 aliphatic heterocycles. The molecule has 0 unspecified atom stereocenters. The van der Waals surface area contributed by atoms with E-state index in [0.717, 1.165) is 31.4 Å². The van der Waals surface area contributed by atoms with Crippen molar-refractivity contribution in [2.24, 2.45) is 5.41 Å². The molecule has 1 aromatic carbocycles. The van der Waals surface area contributed by atoms with Gasteiger partial charge in [-0.05, 0) is 30.7 Å². The maximum Gasteiger partial charge on any atom is 0.173 e. The number of benzene rings is 1. The van der Waals surface area contributed by atoms with Gasteiger partial charge in [0.1, 0.15) is 0 Å². The van der Waals surface area contributed by atoms with Gasteiger partial charge >= 0.3 is 0 Å². The summed E-state index contributed by atoms with van der Waals surface area (Å²) in [6, 6.07) is 4.58. The van der Waals surface area contributed by atoms with Crippen LogP contribution < -0.4 is 4.74 Å². The monoisotopic (exact) mass is 304 g/mol. The molecule has 1 aromatic rings. The molecule has 0 bridgehead atoms. The molecule has 0 fully saturated rings. The molecule has 0 spiro atoms. The predicted octanol–water partition coefficient (Wildman–Crippen LogP) is 5.37. The Morgan fingerprint density at radius 1 is 1.26 bits per heavy atom. The highest BCUT2D eigenvalue weighted by Crippen LogP contribution is 2.34. The minimum Gasteiger partial charge on any atom is -0.488 e. The van der Waals surface area contributed by atoms with Crippen LogP contribution in [0.15, 0.2) is 18.2 Å². The van der Waals surface area contributed by atoms with E-state index in [-0.39, 0.29) is 11.2 Å². The largest absolute Gasteiger partial charge is 0.488 e. The Labute approximate surface area is 125 Å². The third-order valence-corrected chi connectivity index (χ3v) is 4.31. The van der Waals surface area contributed by atoms with Crippen LogP contribution in [0.25, 0.3) is 0 Å². The Morgan fingerprint density at radius 2 is 1.89 bits per heavy atom. The molecule has 0 saturated heterocycles. The number of halogens is 2. The highest BCUT2D eigenvalue weighted by atomic mass is 35.5. The minimum absolute atomic E-state index is 0.00176. The second-order valence-corrected chi connectivity index (χ2v) is 5.72. The molecule has 19 heavy (non-hydrogen) atoms. The fourth-order valence-corrected chi connectivity index (χ4v) is 3.00. The summed E-state index contributed by atoms with van der Waals surface area (Å²) in [6.07, 6.45) is 4.18. The van der Waals surface area contributed by atoms with Crippen molar-refractivity contribution in [3.05, 3.63) is 29.0 Å². The maximum absolute atomic E-state index is 13.7. The summed E-state index contributed by atoms with van der Waals surface area (Å²) in [6.45, 7) is 4.74. The number of rotatable bonds is 8. The van der Waals surface area contributed by atoms with Gasteiger partial charge in [0.25, 0.3) is 0 Å². The summed E-state index contributed by atoms with van der Waals surface area (Å²) in [5.41, 5.74) is -0.00176. The van der Waals surface area contributed by atoms with E-state index in [1.165, 1.54) is 6.07 Å². The Bertz CT molecular complexity index is 371. The molecule has 0 radical (unpaired) electrons. The first-order valence-corrected chi connectivity index (χ1v) is 7.77. The molecule has 1 rings (SSSR count). The van der Waals surface area contributed by atoms with Crippen LogP contribution in [-0.2, 0) is 0 Å². The van der Waals surface area contributed by atoms with E-state index in [4.69, 9.17) is 16.3 Å². The Balaban J connectivity index is 2.80. The van der Waals surface area contributed by atoms with Crippen LogP contribution in [0.5, 0.6) is 5.75 Å². The average molecular weight is 305 g/mol. The summed E-state index contributed by atoms with van der Waals surface area (Å²) in [7, 11) is 0. The van der Waals surface area contributed by atoms with E-state index in [0.29, 0.717) is 11.6 Å². The standard InChI is InChI=1S/C15H22ClFOS/c1-3-8-15(11-19,9-4-2)10-18-14-12(16)6-5-7-13(14)17/h5-7,19H,3-4,8-11H2,1-2H3. The summed E-state index contributed by atoms with van der Waals surface area (Å²) < 4.78 is 19.3. The lowest BCUT2D eigenvalue weighted by molar-refractivity contribution is 0.139. The SMILES string of the molecule is CCCC(CS)(CCC)COc1c(F)cccc1Cl. The van der Waals surface area contributed by atoms with Crippen LogP contribution in [-0.4, -0.2) is 12.4 Å². The highest BCUT2D eigenvalue weighted by molar-refractivity contribution is 7.80. The van der Waals surface area contributed by atoms with Crippen molar-refractivity contribution in [3.63, 3.8) is 0 Å². The lowest BCUT2D eigenvalue weighted by atomic mass is 9.82. The van der Waals surface area contributed by atoms with Crippen molar-refractivity contribution in [1.29, 1.82) is 0 Å². The van der Waals surface area contributed by atoms with E-state index < -0.39 is 5.82 Å². The lowest BCUT2D eigenvalue weighted by Crippen LogP contribution is -2.30. The van der Waals surface area contributed by atoms with Gasteiger partial charge in [-0.25, -0.2) is 4.39 Å². The van der Waals surface area contributed by atoms with Gasteiger partial charge in [0, 0.05) is 5.41 Å². The Hall–Kier alpha value is -0.410. The minimum atomic E-state index is -0.409. The lowest BCUT2D eigenvalue weighted by Gasteiger charge is -2.32. The zero-order valence-electron chi connectivity index (χ0n) is 11.6. The number of para-hydroxylation sites is 1. The van der Waals surface area contributed by atoms with E-state index in [9.17, 15) is 4.39 Å². The molecular formula is C15H22ClFOS. The first kappa shape index (κ1) is 16.6. The number of thiol groups is 1. The van der Waals surface area contributed by atoms with Gasteiger partial charge in [0.2, 0.25) is 0 Å². The van der Waals surface area contributed by atoms with Gasteiger partial charge in [-0.1, -0.05) is 44.4 Å². The van der Waals surface area contributed by atoms with Gasteiger partial charge in [-0.15, -0.1) is 0 Å². The fourth-order valence-electron chi connectivity index (χ4n) is 2.38. The second kappa shape index (κ2) is 8.01. The van der Waals surface area contributed by atoms with Crippen LogP contribution in [0.4, 0.5) is 4.39 Å². The van der Waals surface area contributed by atoms with Crippen molar-refractivity contribution in [1.82, 2.24) is 0 Å². The molecule has 0 saturated carbocycles. The molecule has 4 heteroatoms. The molecular weight excluding hydrogens is 283 g/mol. The Kier molecular flexibility index (Phi) is 7.01. The summed E-state index contributed by atoms with van der Waals surface area (Å²) >= 11 is 10.4. The molecule has 0 N–H and O–H groups in total. The third kappa shape index (κ3) is 4.57. The molecule has 0 heterocycles. The quantitative estimate of drug-likeness (QED) is 0.635. The van der Waals surface area contributed by atoms with Gasteiger partial charge in [-0.3, -0.25) is 0 Å². The van der Waals surface area contributed by atoms with Gasteiger partial charge in [0.05, 0.1) is 11.6 Å². The highest BCUT2D eigenvalue weighted by Gasteiger charge is 2.28. The molecule has 0 aliphatic carbocycles. The van der Waals surface area contributed by atoms with E-state index in [1.807, 2.05) is 0 Å². The first-order valence-electron chi connectivity index (χ1n) is 6.76. The van der Waals surface area contributed by atoms with Crippen molar-refractivity contribution < 1.29 is 9.13 Å². The maximum atomic E-state index is 13.7. The second-order valence-electron chi connectivity index (χ2n) is 5.00. The van der Waals surface area contributed by atoms with Gasteiger partial charge < -0.3 is 4.74 Å².